The first-order valence-corrected chi connectivity index (χ1v) is 5.98. The van der Waals surface area contributed by atoms with E-state index in [0.717, 1.165) is 5.82 Å². The lowest BCUT2D eigenvalue weighted by molar-refractivity contribution is 0.0423. The second kappa shape index (κ2) is 4.93. The summed E-state index contributed by atoms with van der Waals surface area (Å²) < 4.78 is 4.94. The van der Waals surface area contributed by atoms with E-state index in [2.05, 4.69) is 34.4 Å². The highest BCUT2D eigenvalue weighted by Crippen LogP contribution is 2.20. The van der Waals surface area contributed by atoms with E-state index in [-0.39, 0.29) is 0 Å². The van der Waals surface area contributed by atoms with Gasteiger partial charge < -0.3 is 4.52 Å². The van der Waals surface area contributed by atoms with Crippen LogP contribution < -0.4 is 5.43 Å². The SMILES string of the molecule is Cc1nc(CNN2C(C)CCCC2C)no1. The third-order valence-electron chi connectivity index (χ3n) is 3.18. The molecule has 16 heavy (non-hydrogen) atoms. The van der Waals surface area contributed by atoms with Crippen molar-refractivity contribution < 1.29 is 4.52 Å². The second-order valence-corrected chi connectivity index (χ2v) is 4.60. The molecule has 2 rings (SSSR count). The van der Waals surface area contributed by atoms with Crippen LogP contribution in [0, 0.1) is 6.92 Å². The molecule has 0 aliphatic carbocycles. The maximum absolute atomic E-state index is 4.94. The van der Waals surface area contributed by atoms with Gasteiger partial charge in [-0.15, -0.1) is 0 Å². The first kappa shape index (κ1) is 11.5. The largest absolute Gasteiger partial charge is 0.340 e. The maximum atomic E-state index is 4.94. The lowest BCUT2D eigenvalue weighted by Gasteiger charge is -2.38. The molecule has 0 radical (unpaired) electrons. The summed E-state index contributed by atoms with van der Waals surface area (Å²) in [6.45, 7) is 6.96. The molecule has 2 heterocycles. The minimum Gasteiger partial charge on any atom is -0.340 e. The van der Waals surface area contributed by atoms with Crippen LogP contribution in [0.25, 0.3) is 0 Å². The summed E-state index contributed by atoms with van der Waals surface area (Å²) in [7, 11) is 0. The minimum absolute atomic E-state index is 0.580. The third kappa shape index (κ3) is 2.59. The highest BCUT2D eigenvalue weighted by atomic mass is 16.5. The fourth-order valence-corrected chi connectivity index (χ4v) is 2.31. The average molecular weight is 224 g/mol. The Morgan fingerprint density at radius 2 is 2.06 bits per heavy atom. The molecule has 0 amide bonds. The van der Waals surface area contributed by atoms with Crippen LogP contribution >= 0.6 is 0 Å². The predicted octanol–water partition coefficient (Wildman–Crippen LogP) is 1.65. The number of nitrogens with one attached hydrogen (secondary N) is 1. The van der Waals surface area contributed by atoms with Gasteiger partial charge in [0.15, 0.2) is 5.82 Å². The number of nitrogens with zero attached hydrogens (tertiary/aromatic N) is 3. The topological polar surface area (TPSA) is 54.2 Å². The average Bonchev–Trinajstić information content (AvgIpc) is 2.63. The summed E-state index contributed by atoms with van der Waals surface area (Å²) in [5.41, 5.74) is 3.40. The summed E-state index contributed by atoms with van der Waals surface area (Å²) in [5, 5.41) is 6.19. The summed E-state index contributed by atoms with van der Waals surface area (Å²) in [6, 6.07) is 1.16. The van der Waals surface area contributed by atoms with Gasteiger partial charge in [0.05, 0.1) is 6.54 Å². The van der Waals surface area contributed by atoms with Crippen molar-refractivity contribution in [2.45, 2.75) is 58.7 Å². The van der Waals surface area contributed by atoms with Crippen molar-refractivity contribution >= 4 is 0 Å². The van der Waals surface area contributed by atoms with Gasteiger partial charge in [0.2, 0.25) is 5.89 Å². The smallest absolute Gasteiger partial charge is 0.223 e. The van der Waals surface area contributed by atoms with Gasteiger partial charge in [0, 0.05) is 19.0 Å². The zero-order valence-corrected chi connectivity index (χ0v) is 10.2. The van der Waals surface area contributed by atoms with Gasteiger partial charge in [-0.25, -0.2) is 10.4 Å². The second-order valence-electron chi connectivity index (χ2n) is 4.60. The molecule has 1 aliphatic heterocycles. The molecular formula is C11H20N4O. The monoisotopic (exact) mass is 224 g/mol. The Labute approximate surface area is 96.2 Å². The van der Waals surface area contributed by atoms with E-state index in [1.54, 1.807) is 0 Å². The Morgan fingerprint density at radius 3 is 2.62 bits per heavy atom. The van der Waals surface area contributed by atoms with Crippen LogP contribution in [0.1, 0.15) is 44.8 Å². The van der Waals surface area contributed by atoms with E-state index < -0.39 is 0 Å². The summed E-state index contributed by atoms with van der Waals surface area (Å²) in [5.74, 6) is 1.35. The highest BCUT2D eigenvalue weighted by Gasteiger charge is 2.24. The van der Waals surface area contributed by atoms with Crippen molar-refractivity contribution in [3.63, 3.8) is 0 Å². The molecule has 5 nitrogen and oxygen atoms in total. The predicted molar refractivity (Wildman–Crippen MR) is 60.5 cm³/mol. The Balaban J connectivity index is 1.88. The van der Waals surface area contributed by atoms with Crippen LogP contribution in [-0.4, -0.2) is 27.2 Å². The number of aromatic nitrogens is 2. The van der Waals surface area contributed by atoms with Crippen LogP contribution in [0.5, 0.6) is 0 Å². The molecule has 2 unspecified atom stereocenters. The Kier molecular flexibility index (Phi) is 3.56. The molecule has 1 saturated heterocycles. The number of piperidine rings is 1. The first-order valence-electron chi connectivity index (χ1n) is 5.98. The van der Waals surface area contributed by atoms with Crippen LogP contribution in [0.3, 0.4) is 0 Å². The zero-order valence-electron chi connectivity index (χ0n) is 10.2. The van der Waals surface area contributed by atoms with Gasteiger partial charge in [-0.05, 0) is 26.7 Å². The van der Waals surface area contributed by atoms with Gasteiger partial charge in [0.25, 0.3) is 0 Å². The molecule has 0 spiro atoms. The molecule has 0 saturated carbocycles. The summed E-state index contributed by atoms with van der Waals surface area (Å²) in [4.78, 5) is 4.18. The van der Waals surface area contributed by atoms with Crippen molar-refractivity contribution in [1.29, 1.82) is 0 Å². The van der Waals surface area contributed by atoms with E-state index in [1.165, 1.54) is 19.3 Å². The molecule has 1 N–H and O–H groups in total. The molecule has 90 valence electrons. The number of hydrogen-bond donors (Lipinski definition) is 1. The highest BCUT2D eigenvalue weighted by molar-refractivity contribution is 4.84. The fraction of sp³-hybridized carbons (Fsp3) is 0.818. The van der Waals surface area contributed by atoms with E-state index in [1.807, 2.05) is 6.92 Å². The van der Waals surface area contributed by atoms with Gasteiger partial charge in [-0.2, -0.15) is 4.98 Å². The van der Waals surface area contributed by atoms with E-state index >= 15 is 0 Å². The standard InChI is InChI=1S/C11H20N4O/c1-8-5-4-6-9(2)15(8)12-7-11-13-10(3)16-14-11/h8-9,12H,4-7H2,1-3H3. The number of hydrazine groups is 1. The van der Waals surface area contributed by atoms with E-state index in [0.29, 0.717) is 24.5 Å². The van der Waals surface area contributed by atoms with E-state index in [4.69, 9.17) is 4.52 Å². The van der Waals surface area contributed by atoms with Gasteiger partial charge in [-0.1, -0.05) is 11.6 Å². The number of hydrogen-bond acceptors (Lipinski definition) is 5. The quantitative estimate of drug-likeness (QED) is 0.846. The molecule has 5 heteroatoms. The summed E-state index contributed by atoms with van der Waals surface area (Å²) >= 11 is 0. The lowest BCUT2D eigenvalue weighted by atomic mass is 10.00. The normalized spacial score (nSPS) is 27.2. The van der Waals surface area contributed by atoms with Gasteiger partial charge in [-0.3, -0.25) is 0 Å². The zero-order chi connectivity index (χ0) is 11.5. The van der Waals surface area contributed by atoms with Crippen molar-refractivity contribution in [2.24, 2.45) is 0 Å². The molecule has 0 bridgehead atoms. The Morgan fingerprint density at radius 1 is 1.38 bits per heavy atom. The third-order valence-corrected chi connectivity index (χ3v) is 3.18. The molecule has 1 fully saturated rings. The van der Waals surface area contributed by atoms with Gasteiger partial charge in [0.1, 0.15) is 0 Å². The van der Waals surface area contributed by atoms with Crippen LogP contribution in [0.2, 0.25) is 0 Å². The molecule has 1 aromatic heterocycles. The van der Waals surface area contributed by atoms with Crippen molar-refractivity contribution in [2.75, 3.05) is 0 Å². The minimum atomic E-state index is 0.580. The van der Waals surface area contributed by atoms with Crippen molar-refractivity contribution in [3.05, 3.63) is 11.7 Å². The lowest BCUT2D eigenvalue weighted by Crippen LogP contribution is -2.51. The van der Waals surface area contributed by atoms with Crippen LogP contribution in [-0.2, 0) is 6.54 Å². The maximum Gasteiger partial charge on any atom is 0.223 e. The summed E-state index contributed by atoms with van der Waals surface area (Å²) in [6.07, 6.45) is 3.83. The molecule has 0 aromatic carbocycles. The fourth-order valence-electron chi connectivity index (χ4n) is 2.31. The van der Waals surface area contributed by atoms with Crippen molar-refractivity contribution in [1.82, 2.24) is 20.6 Å². The number of aryl methyl sites for hydroxylation is 1. The first-order chi connectivity index (χ1) is 7.66. The molecular weight excluding hydrogens is 204 g/mol. The van der Waals surface area contributed by atoms with Crippen molar-refractivity contribution in [3.8, 4) is 0 Å². The number of rotatable bonds is 3. The van der Waals surface area contributed by atoms with Crippen LogP contribution in [0.4, 0.5) is 0 Å². The molecule has 2 atom stereocenters. The Bertz CT molecular complexity index is 328. The van der Waals surface area contributed by atoms with Crippen LogP contribution in [0.15, 0.2) is 4.52 Å². The van der Waals surface area contributed by atoms with E-state index in [9.17, 15) is 0 Å². The van der Waals surface area contributed by atoms with Gasteiger partial charge >= 0.3 is 0 Å². The molecule has 1 aromatic rings. The Hall–Kier alpha value is -0.940. The molecule has 1 aliphatic rings.